The van der Waals surface area contributed by atoms with Crippen LogP contribution in [0.25, 0.3) is 0 Å². The van der Waals surface area contributed by atoms with Gasteiger partial charge in [-0.3, -0.25) is 19.2 Å². The van der Waals surface area contributed by atoms with Gasteiger partial charge in [-0.25, -0.2) is 0 Å². The maximum Gasteiger partial charge on any atom is 0.310 e. The number of hydrogen-bond donors (Lipinski definition) is 0. The smallest absolute Gasteiger partial charge is 0.310 e. The van der Waals surface area contributed by atoms with Crippen LogP contribution in [0.4, 0.5) is 0 Å². The lowest BCUT2D eigenvalue weighted by Gasteiger charge is -2.41. The number of ether oxygens (including phenoxy) is 4. The molecular weight excluding hydrogens is 512 g/mol. The van der Waals surface area contributed by atoms with E-state index < -0.39 is 47.2 Å². The van der Waals surface area contributed by atoms with Gasteiger partial charge in [0.25, 0.3) is 0 Å². The van der Waals surface area contributed by atoms with Crippen LogP contribution in [-0.2, 0) is 44.5 Å². The van der Waals surface area contributed by atoms with E-state index >= 15 is 0 Å². The largest absolute Gasteiger partial charge is 0.461 e. The fourth-order valence-corrected chi connectivity index (χ4v) is 7.55. The van der Waals surface area contributed by atoms with E-state index in [9.17, 15) is 19.2 Å². The lowest BCUT2D eigenvalue weighted by molar-refractivity contribution is -0.190. The zero-order valence-corrected chi connectivity index (χ0v) is 24.2. The van der Waals surface area contributed by atoms with Gasteiger partial charge in [0.1, 0.15) is 17.8 Å². The Morgan fingerprint density at radius 3 is 2.33 bits per heavy atom. The van der Waals surface area contributed by atoms with E-state index in [1.807, 2.05) is 43.3 Å². The van der Waals surface area contributed by atoms with Crippen LogP contribution in [0.15, 0.2) is 42.0 Å². The van der Waals surface area contributed by atoms with Crippen molar-refractivity contribution in [3.05, 3.63) is 47.5 Å². The highest BCUT2D eigenvalue weighted by molar-refractivity contribution is 6.03. The summed E-state index contributed by atoms with van der Waals surface area (Å²) in [5.74, 6) is -2.72. The first-order valence-corrected chi connectivity index (χ1v) is 14.3. The SMILES string of the molecule is CC(=O)O[C@@H]1[C@H]2[C@@H](OC(=O)Cc3ccccc3)[C@@H](C)C[C@]2(OC(C)=O)C(=O)C(C)=C[C@H]2[C@H](CC[C@@]13CO3)C2(C)C. The zero-order valence-electron chi connectivity index (χ0n) is 24.2. The summed E-state index contributed by atoms with van der Waals surface area (Å²) in [5.41, 5.74) is -1.22. The van der Waals surface area contributed by atoms with Crippen LogP contribution < -0.4 is 0 Å². The van der Waals surface area contributed by atoms with Crippen LogP contribution >= 0.6 is 0 Å². The van der Waals surface area contributed by atoms with E-state index in [0.717, 1.165) is 12.0 Å². The van der Waals surface area contributed by atoms with Gasteiger partial charge in [-0.05, 0) is 54.1 Å². The molecule has 1 aliphatic heterocycles. The van der Waals surface area contributed by atoms with E-state index in [1.165, 1.54) is 13.8 Å². The molecule has 40 heavy (non-hydrogen) atoms. The number of benzene rings is 1. The monoisotopic (exact) mass is 552 g/mol. The summed E-state index contributed by atoms with van der Waals surface area (Å²) in [6.07, 6.45) is 1.85. The molecule has 1 saturated heterocycles. The van der Waals surface area contributed by atoms with E-state index in [-0.39, 0.29) is 35.9 Å². The van der Waals surface area contributed by atoms with Gasteiger partial charge >= 0.3 is 17.9 Å². The first-order chi connectivity index (χ1) is 18.8. The topological polar surface area (TPSA) is 108 Å². The molecule has 1 spiro atoms. The molecule has 0 aromatic heterocycles. The van der Waals surface area contributed by atoms with E-state index in [4.69, 9.17) is 18.9 Å². The Hall–Kier alpha value is -3.00. The van der Waals surface area contributed by atoms with Crippen molar-refractivity contribution in [2.75, 3.05) is 6.61 Å². The molecule has 216 valence electrons. The van der Waals surface area contributed by atoms with Gasteiger partial charge in [-0.2, -0.15) is 0 Å². The molecule has 4 aliphatic rings. The first-order valence-electron chi connectivity index (χ1n) is 14.3. The van der Waals surface area contributed by atoms with Crippen molar-refractivity contribution in [1.29, 1.82) is 0 Å². The van der Waals surface area contributed by atoms with Crippen LogP contribution in [0.5, 0.6) is 0 Å². The fourth-order valence-electron chi connectivity index (χ4n) is 7.55. The second-order valence-corrected chi connectivity index (χ2v) is 12.9. The maximum atomic E-state index is 14.5. The van der Waals surface area contributed by atoms with Crippen molar-refractivity contribution in [1.82, 2.24) is 0 Å². The van der Waals surface area contributed by atoms with E-state index in [1.54, 1.807) is 6.92 Å². The molecule has 3 fully saturated rings. The predicted octanol–water partition coefficient (Wildman–Crippen LogP) is 4.38. The minimum atomic E-state index is -1.68. The average molecular weight is 553 g/mol. The third-order valence-electron chi connectivity index (χ3n) is 9.71. The lowest BCUT2D eigenvalue weighted by atomic mass is 9.74. The van der Waals surface area contributed by atoms with Crippen LogP contribution in [0, 0.1) is 29.1 Å². The molecule has 0 radical (unpaired) electrons. The summed E-state index contributed by atoms with van der Waals surface area (Å²) in [7, 11) is 0. The average Bonchev–Trinajstić information content (AvgIpc) is 3.73. The van der Waals surface area contributed by atoms with E-state index in [0.29, 0.717) is 24.5 Å². The lowest BCUT2D eigenvalue weighted by Crippen LogP contribution is -2.58. The molecular formula is C32H40O8. The molecule has 1 heterocycles. The Morgan fingerprint density at radius 1 is 1.05 bits per heavy atom. The molecule has 1 aromatic rings. The zero-order chi connectivity index (χ0) is 29.0. The number of hydrogen-bond acceptors (Lipinski definition) is 8. The molecule has 8 heteroatoms. The Kier molecular flexibility index (Phi) is 7.22. The second-order valence-electron chi connectivity index (χ2n) is 12.9. The number of carbonyl (C=O) groups is 4. The van der Waals surface area contributed by atoms with Gasteiger partial charge in [0.15, 0.2) is 5.60 Å². The Morgan fingerprint density at radius 2 is 1.73 bits per heavy atom. The summed E-state index contributed by atoms with van der Waals surface area (Å²) in [6.45, 7) is 11.0. The minimum Gasteiger partial charge on any atom is -0.461 e. The molecule has 2 saturated carbocycles. The number of epoxide rings is 1. The number of esters is 3. The Balaban J connectivity index is 1.61. The molecule has 0 amide bonds. The summed E-state index contributed by atoms with van der Waals surface area (Å²) in [5, 5.41) is 0. The van der Waals surface area contributed by atoms with Crippen molar-refractivity contribution >= 4 is 23.7 Å². The van der Waals surface area contributed by atoms with Crippen LogP contribution in [-0.4, -0.2) is 53.7 Å². The van der Waals surface area contributed by atoms with Crippen LogP contribution in [0.3, 0.4) is 0 Å². The third-order valence-corrected chi connectivity index (χ3v) is 9.71. The Bertz CT molecular complexity index is 1230. The maximum absolute atomic E-state index is 14.5. The van der Waals surface area contributed by atoms with Gasteiger partial charge in [-0.1, -0.05) is 57.2 Å². The number of allylic oxidation sites excluding steroid dienone is 1. The van der Waals surface area contributed by atoms with Gasteiger partial charge in [0.2, 0.25) is 5.78 Å². The minimum absolute atomic E-state index is 0.0141. The summed E-state index contributed by atoms with van der Waals surface area (Å²) >= 11 is 0. The highest BCUT2D eigenvalue weighted by atomic mass is 16.6. The summed E-state index contributed by atoms with van der Waals surface area (Å²) in [6, 6.07) is 9.25. The number of rotatable bonds is 5. The van der Waals surface area contributed by atoms with Gasteiger partial charge < -0.3 is 18.9 Å². The molecule has 0 unspecified atom stereocenters. The normalized spacial score (nSPS) is 37.8. The van der Waals surface area contributed by atoms with Crippen LogP contribution in [0.1, 0.15) is 66.4 Å². The number of fused-ring (bicyclic) bond motifs is 2. The van der Waals surface area contributed by atoms with Gasteiger partial charge in [0.05, 0.1) is 18.9 Å². The number of ketones is 1. The first kappa shape index (κ1) is 28.5. The van der Waals surface area contributed by atoms with Crippen molar-refractivity contribution in [3.8, 4) is 0 Å². The highest BCUT2D eigenvalue weighted by Crippen LogP contribution is 2.64. The number of carbonyl (C=O) groups excluding carboxylic acids is 4. The Labute approximate surface area is 235 Å². The summed E-state index contributed by atoms with van der Waals surface area (Å²) in [4.78, 5) is 52.9. The molecule has 8 atom stereocenters. The molecule has 0 bridgehead atoms. The fraction of sp³-hybridized carbons (Fsp3) is 0.625. The third kappa shape index (κ3) is 5.00. The molecule has 1 aromatic carbocycles. The standard InChI is InChI=1S/C32H40O8/c1-18-14-24-23(30(24,5)6)12-13-31(17-37-31)29(38-20(3)33)26-27(39-25(35)15-22-10-8-7-9-11-22)19(2)16-32(26,28(18)36)40-21(4)34/h7-11,14,19,23-24,26-27,29H,12-13,15-17H2,1-6H3/t19-,23-,24-,26+,27-,29+,31+,32+/m0/s1. The second kappa shape index (κ2) is 10.1. The molecule has 5 rings (SSSR count). The summed E-state index contributed by atoms with van der Waals surface area (Å²) < 4.78 is 24.2. The molecule has 8 nitrogen and oxygen atoms in total. The van der Waals surface area contributed by atoms with Gasteiger partial charge in [-0.15, -0.1) is 0 Å². The molecule has 3 aliphatic carbocycles. The van der Waals surface area contributed by atoms with Gasteiger partial charge in [0, 0.05) is 20.3 Å². The quantitative estimate of drug-likeness (QED) is 0.301. The molecule has 0 N–H and O–H groups in total. The van der Waals surface area contributed by atoms with Crippen molar-refractivity contribution in [2.45, 2.75) is 90.6 Å². The van der Waals surface area contributed by atoms with Crippen molar-refractivity contribution in [3.63, 3.8) is 0 Å². The van der Waals surface area contributed by atoms with E-state index in [2.05, 4.69) is 13.8 Å². The highest BCUT2D eigenvalue weighted by Gasteiger charge is 2.71. The van der Waals surface area contributed by atoms with Crippen LogP contribution in [0.2, 0.25) is 0 Å². The predicted molar refractivity (Wildman–Crippen MR) is 145 cm³/mol. The number of Topliss-reactive ketones (excluding diaryl/α,β-unsaturated/α-hetero) is 1. The van der Waals surface area contributed by atoms with Crippen molar-refractivity contribution in [2.24, 2.45) is 29.1 Å². The van der Waals surface area contributed by atoms with Crippen molar-refractivity contribution < 1.29 is 38.1 Å².